The summed E-state index contributed by atoms with van der Waals surface area (Å²) in [6, 6.07) is 4.22. The first-order valence-electron chi connectivity index (χ1n) is 5.41. The lowest BCUT2D eigenvalue weighted by Crippen LogP contribution is -2.27. The van der Waals surface area contributed by atoms with E-state index in [4.69, 9.17) is 9.63 Å². The highest BCUT2D eigenvalue weighted by molar-refractivity contribution is 5.94. The highest BCUT2D eigenvalue weighted by Crippen LogP contribution is 2.00. The quantitative estimate of drug-likeness (QED) is 0.786. The van der Waals surface area contributed by atoms with Crippen molar-refractivity contribution in [1.82, 2.24) is 20.4 Å². The summed E-state index contributed by atoms with van der Waals surface area (Å²) < 4.78 is 4.77. The smallest absolute Gasteiger partial charge is 0.354 e. The van der Waals surface area contributed by atoms with Gasteiger partial charge >= 0.3 is 5.97 Å². The van der Waals surface area contributed by atoms with E-state index in [1.54, 1.807) is 0 Å². The number of carboxylic acid groups (broad SMARTS) is 1. The van der Waals surface area contributed by atoms with E-state index < -0.39 is 11.9 Å². The fraction of sp³-hybridized carbons (Fsp3) is 0.182. The van der Waals surface area contributed by atoms with E-state index in [0.29, 0.717) is 18.9 Å². The number of aromatic nitrogens is 3. The molecule has 0 unspecified atom stereocenters. The molecule has 0 bridgehead atoms. The van der Waals surface area contributed by atoms with Crippen molar-refractivity contribution in [3.05, 3.63) is 41.8 Å². The molecule has 0 aromatic carbocycles. The van der Waals surface area contributed by atoms with E-state index in [1.165, 1.54) is 24.5 Å². The maximum Gasteiger partial charge on any atom is 0.354 e. The topological polar surface area (TPSA) is 118 Å². The summed E-state index contributed by atoms with van der Waals surface area (Å²) in [6.45, 7) is 0.292. The second kappa shape index (κ2) is 5.71. The molecular formula is C11H10N4O4. The minimum absolute atomic E-state index is 0.0467. The fourth-order valence-corrected chi connectivity index (χ4v) is 1.36. The number of carbonyl (C=O) groups excluding carboxylic acids is 1. The Hall–Kier alpha value is -2.77. The number of carbonyl (C=O) groups is 2. The standard InChI is InChI=1S/C11H10N4O4/c16-10(12-5-4-9-13-6-14-19-9)7-2-1-3-8(15-7)11(17)18/h1-3,6H,4-5H2,(H,12,16)(H,17,18). The second-order valence-corrected chi connectivity index (χ2v) is 3.55. The lowest BCUT2D eigenvalue weighted by Gasteiger charge is -2.03. The molecule has 0 aliphatic heterocycles. The SMILES string of the molecule is O=C(O)c1cccc(C(=O)NCCc2ncno2)n1. The first-order chi connectivity index (χ1) is 9.16. The summed E-state index contributed by atoms with van der Waals surface area (Å²) in [7, 11) is 0. The van der Waals surface area contributed by atoms with Gasteiger partial charge in [0.25, 0.3) is 5.91 Å². The lowest BCUT2D eigenvalue weighted by molar-refractivity contribution is 0.0690. The zero-order chi connectivity index (χ0) is 13.7. The Morgan fingerprint density at radius 1 is 1.32 bits per heavy atom. The van der Waals surface area contributed by atoms with Crippen LogP contribution in [-0.4, -0.2) is 38.7 Å². The molecule has 0 aliphatic rings. The molecule has 0 aliphatic carbocycles. The molecule has 19 heavy (non-hydrogen) atoms. The van der Waals surface area contributed by atoms with Gasteiger partial charge in [0.05, 0.1) is 0 Å². The molecule has 2 heterocycles. The van der Waals surface area contributed by atoms with Gasteiger partial charge in [-0.05, 0) is 12.1 Å². The van der Waals surface area contributed by atoms with Gasteiger partial charge < -0.3 is 14.9 Å². The maximum absolute atomic E-state index is 11.7. The Labute approximate surface area is 107 Å². The molecule has 98 valence electrons. The Balaban J connectivity index is 1.92. The van der Waals surface area contributed by atoms with Crippen LogP contribution in [-0.2, 0) is 6.42 Å². The number of pyridine rings is 1. The zero-order valence-electron chi connectivity index (χ0n) is 9.74. The summed E-state index contributed by atoms with van der Waals surface area (Å²) >= 11 is 0. The molecule has 8 heteroatoms. The van der Waals surface area contributed by atoms with Gasteiger partial charge in [-0.15, -0.1) is 0 Å². The Morgan fingerprint density at radius 3 is 2.79 bits per heavy atom. The minimum atomic E-state index is -1.18. The molecule has 1 amide bonds. The third kappa shape index (κ3) is 3.35. The van der Waals surface area contributed by atoms with Crippen molar-refractivity contribution in [2.45, 2.75) is 6.42 Å². The number of hydrogen-bond donors (Lipinski definition) is 2. The molecule has 0 atom stereocenters. The van der Waals surface area contributed by atoms with E-state index in [1.807, 2.05) is 0 Å². The van der Waals surface area contributed by atoms with Gasteiger partial charge in [-0.2, -0.15) is 4.98 Å². The van der Waals surface area contributed by atoms with Crippen LogP contribution in [0.3, 0.4) is 0 Å². The molecule has 0 spiro atoms. The molecule has 0 saturated carbocycles. The highest BCUT2D eigenvalue weighted by Gasteiger charge is 2.11. The lowest BCUT2D eigenvalue weighted by atomic mass is 10.3. The third-order valence-corrected chi connectivity index (χ3v) is 2.23. The van der Waals surface area contributed by atoms with E-state index in [9.17, 15) is 9.59 Å². The van der Waals surface area contributed by atoms with Crippen molar-refractivity contribution in [1.29, 1.82) is 0 Å². The van der Waals surface area contributed by atoms with E-state index in [-0.39, 0.29) is 11.4 Å². The Morgan fingerprint density at radius 2 is 2.11 bits per heavy atom. The molecule has 2 rings (SSSR count). The Bertz CT molecular complexity index is 582. The molecule has 2 N–H and O–H groups in total. The van der Waals surface area contributed by atoms with Gasteiger partial charge in [-0.1, -0.05) is 11.2 Å². The first kappa shape index (κ1) is 12.7. The normalized spacial score (nSPS) is 10.1. The van der Waals surface area contributed by atoms with Gasteiger partial charge in [-0.3, -0.25) is 4.79 Å². The predicted molar refractivity (Wildman–Crippen MR) is 61.5 cm³/mol. The van der Waals surface area contributed by atoms with Crippen LogP contribution >= 0.6 is 0 Å². The number of nitrogens with one attached hydrogen (secondary N) is 1. The molecular weight excluding hydrogens is 252 g/mol. The van der Waals surface area contributed by atoms with Crippen LogP contribution in [0.25, 0.3) is 0 Å². The summed E-state index contributed by atoms with van der Waals surface area (Å²) in [5, 5.41) is 14.8. The average molecular weight is 262 g/mol. The van der Waals surface area contributed by atoms with Crippen molar-refractivity contribution < 1.29 is 19.2 Å². The molecule has 8 nitrogen and oxygen atoms in total. The number of nitrogens with zero attached hydrogens (tertiary/aromatic N) is 3. The van der Waals surface area contributed by atoms with Gasteiger partial charge in [0, 0.05) is 13.0 Å². The van der Waals surface area contributed by atoms with Crippen LogP contribution in [0.4, 0.5) is 0 Å². The average Bonchev–Trinajstić information content (AvgIpc) is 2.92. The number of aromatic carboxylic acids is 1. The van der Waals surface area contributed by atoms with Crippen molar-refractivity contribution >= 4 is 11.9 Å². The van der Waals surface area contributed by atoms with E-state index >= 15 is 0 Å². The van der Waals surface area contributed by atoms with E-state index in [2.05, 4.69) is 20.4 Å². The Kier molecular flexibility index (Phi) is 3.81. The number of hydrogen-bond acceptors (Lipinski definition) is 6. The van der Waals surface area contributed by atoms with Crippen molar-refractivity contribution in [2.75, 3.05) is 6.54 Å². The molecule has 0 saturated heterocycles. The fourth-order valence-electron chi connectivity index (χ4n) is 1.36. The van der Waals surface area contributed by atoms with Crippen LogP contribution in [0, 0.1) is 0 Å². The monoisotopic (exact) mass is 262 g/mol. The van der Waals surface area contributed by atoms with Crippen LogP contribution in [0.1, 0.15) is 26.9 Å². The summed E-state index contributed by atoms with van der Waals surface area (Å²) in [6.07, 6.45) is 1.67. The van der Waals surface area contributed by atoms with Gasteiger partial charge in [0.2, 0.25) is 5.89 Å². The summed E-state index contributed by atoms with van der Waals surface area (Å²) in [5.41, 5.74) is -0.130. The van der Waals surface area contributed by atoms with Crippen LogP contribution < -0.4 is 5.32 Å². The summed E-state index contributed by atoms with van der Waals surface area (Å²) in [5.74, 6) is -1.23. The largest absolute Gasteiger partial charge is 0.477 e. The third-order valence-electron chi connectivity index (χ3n) is 2.23. The van der Waals surface area contributed by atoms with Crippen LogP contribution in [0.5, 0.6) is 0 Å². The first-order valence-corrected chi connectivity index (χ1v) is 5.41. The number of carboxylic acids is 1. The van der Waals surface area contributed by atoms with Gasteiger partial charge in [0.1, 0.15) is 11.4 Å². The highest BCUT2D eigenvalue weighted by atomic mass is 16.5. The van der Waals surface area contributed by atoms with Crippen molar-refractivity contribution in [2.24, 2.45) is 0 Å². The molecule has 2 aromatic heterocycles. The predicted octanol–water partition coefficient (Wildman–Crippen LogP) is 0.135. The summed E-state index contributed by atoms with van der Waals surface area (Å²) in [4.78, 5) is 30.0. The van der Waals surface area contributed by atoms with Gasteiger partial charge in [-0.25, -0.2) is 9.78 Å². The number of rotatable bonds is 5. The molecule has 2 aromatic rings. The number of amides is 1. The molecule has 0 radical (unpaired) electrons. The maximum atomic E-state index is 11.7. The minimum Gasteiger partial charge on any atom is -0.477 e. The van der Waals surface area contributed by atoms with Crippen LogP contribution in [0.2, 0.25) is 0 Å². The van der Waals surface area contributed by atoms with E-state index in [0.717, 1.165) is 0 Å². The zero-order valence-corrected chi connectivity index (χ0v) is 9.74. The van der Waals surface area contributed by atoms with Crippen LogP contribution in [0.15, 0.2) is 29.0 Å². The van der Waals surface area contributed by atoms with Crippen molar-refractivity contribution in [3.63, 3.8) is 0 Å². The van der Waals surface area contributed by atoms with Crippen molar-refractivity contribution in [3.8, 4) is 0 Å². The molecule has 0 fully saturated rings. The second-order valence-electron chi connectivity index (χ2n) is 3.55. The van der Waals surface area contributed by atoms with Gasteiger partial charge in [0.15, 0.2) is 6.33 Å².